The molecule has 0 radical (unpaired) electrons. The summed E-state index contributed by atoms with van der Waals surface area (Å²) in [6.45, 7) is 5.87. The third-order valence-electron chi connectivity index (χ3n) is 7.00. The Bertz CT molecular complexity index is 2000. The van der Waals surface area contributed by atoms with Crippen LogP contribution in [0.15, 0.2) is 82.9 Å². The number of hydrogen-bond acceptors (Lipinski definition) is 9. The van der Waals surface area contributed by atoms with Crippen molar-refractivity contribution >= 4 is 38.2 Å². The average Bonchev–Trinajstić information content (AvgIpc) is 3.22. The van der Waals surface area contributed by atoms with E-state index in [1.54, 1.807) is 53.9 Å². The smallest absolute Gasteiger partial charge is 0.278 e. The fourth-order valence-corrected chi connectivity index (χ4v) is 5.80. The van der Waals surface area contributed by atoms with Gasteiger partial charge >= 0.3 is 0 Å². The Kier molecular flexibility index (Phi) is 7.17. The van der Waals surface area contributed by atoms with Gasteiger partial charge in [0, 0.05) is 59.6 Å². The van der Waals surface area contributed by atoms with Gasteiger partial charge in [-0.25, -0.2) is 23.5 Å². The summed E-state index contributed by atoms with van der Waals surface area (Å²) >= 11 is 0. The largest absolute Gasteiger partial charge is 0.324 e. The van der Waals surface area contributed by atoms with Crippen LogP contribution in [0.5, 0.6) is 0 Å². The molecule has 0 fully saturated rings. The third-order valence-corrected chi connectivity index (χ3v) is 7.63. The van der Waals surface area contributed by atoms with Gasteiger partial charge in [-0.15, -0.1) is 6.58 Å². The molecule has 0 atom stereocenters. The normalized spacial score (nSPS) is 13.6. The first-order valence-electron chi connectivity index (χ1n) is 13.5. The summed E-state index contributed by atoms with van der Waals surface area (Å²) in [4.78, 5) is 33.7. The first kappa shape index (κ1) is 27.5. The Morgan fingerprint density at radius 2 is 1.95 bits per heavy atom. The predicted molar refractivity (Wildman–Crippen MR) is 166 cm³/mol. The van der Waals surface area contributed by atoms with E-state index in [-0.39, 0.29) is 12.1 Å². The molecule has 0 aliphatic carbocycles. The van der Waals surface area contributed by atoms with E-state index in [2.05, 4.69) is 55.3 Å². The standard InChI is InChI=1S/C30H31N9O2S/c1-5-14-38-29(40)25-18-32-30(35-28(25)39(38)27-8-6-7-26(34-27)36-42(3,4)41)33-22-16-21-19-37(2)15-11-23(21)24(17-22)20-9-12-31-13-10-20/h5-10,12-13,16-18H,1,11,14-15,19H2,2-4H3,(H,32,33,35). The van der Waals surface area contributed by atoms with E-state index in [0.717, 1.165) is 36.3 Å². The summed E-state index contributed by atoms with van der Waals surface area (Å²) in [5.74, 6) is 1.05. The van der Waals surface area contributed by atoms with Crippen molar-refractivity contribution in [2.45, 2.75) is 19.5 Å². The topological polar surface area (TPSA) is 123 Å². The lowest BCUT2D eigenvalue weighted by Crippen LogP contribution is -2.27. The minimum atomic E-state index is -2.43. The van der Waals surface area contributed by atoms with Gasteiger partial charge in [0.05, 0.1) is 6.54 Å². The average molecular weight is 582 g/mol. The van der Waals surface area contributed by atoms with Crippen LogP contribution in [0.1, 0.15) is 11.1 Å². The number of pyridine rings is 2. The summed E-state index contributed by atoms with van der Waals surface area (Å²) in [6, 6.07) is 13.5. The highest BCUT2D eigenvalue weighted by Gasteiger charge is 2.21. The summed E-state index contributed by atoms with van der Waals surface area (Å²) in [6.07, 6.45) is 10.8. The van der Waals surface area contributed by atoms with Gasteiger partial charge in [0.25, 0.3) is 5.56 Å². The Morgan fingerprint density at radius 1 is 1.14 bits per heavy atom. The zero-order valence-corrected chi connectivity index (χ0v) is 24.5. The number of allylic oxidation sites excluding steroid dienone is 1. The number of rotatable bonds is 7. The first-order valence-corrected chi connectivity index (χ1v) is 15.8. The van der Waals surface area contributed by atoms with E-state index in [9.17, 15) is 9.00 Å². The van der Waals surface area contributed by atoms with Crippen molar-refractivity contribution in [3.8, 4) is 16.9 Å². The predicted octanol–water partition coefficient (Wildman–Crippen LogP) is 4.32. The molecular weight excluding hydrogens is 550 g/mol. The molecule has 0 amide bonds. The Morgan fingerprint density at radius 3 is 2.71 bits per heavy atom. The molecule has 0 saturated carbocycles. The molecule has 5 heterocycles. The van der Waals surface area contributed by atoms with Crippen molar-refractivity contribution in [1.29, 1.82) is 0 Å². The van der Waals surface area contributed by atoms with Crippen LogP contribution in [-0.2, 0) is 29.2 Å². The summed E-state index contributed by atoms with van der Waals surface area (Å²) < 4.78 is 19.7. The highest BCUT2D eigenvalue weighted by Crippen LogP contribution is 2.34. The zero-order chi connectivity index (χ0) is 29.4. The summed E-state index contributed by atoms with van der Waals surface area (Å²) in [7, 11) is -0.312. The molecule has 0 spiro atoms. The maximum absolute atomic E-state index is 13.4. The molecule has 5 aromatic rings. The van der Waals surface area contributed by atoms with E-state index in [1.165, 1.54) is 22.0 Å². The van der Waals surface area contributed by atoms with E-state index in [4.69, 9.17) is 4.98 Å². The highest BCUT2D eigenvalue weighted by molar-refractivity contribution is 7.92. The van der Waals surface area contributed by atoms with Gasteiger partial charge in [0.15, 0.2) is 17.3 Å². The summed E-state index contributed by atoms with van der Waals surface area (Å²) in [5, 5.41) is 3.71. The number of anilines is 2. The molecule has 214 valence electrons. The lowest BCUT2D eigenvalue weighted by molar-refractivity contribution is 0.313. The Labute approximate surface area is 243 Å². The third kappa shape index (κ3) is 5.46. The molecule has 1 aliphatic heterocycles. The molecule has 1 N–H and O–H groups in total. The zero-order valence-electron chi connectivity index (χ0n) is 23.7. The second-order valence-corrected chi connectivity index (χ2v) is 13.1. The van der Waals surface area contributed by atoms with Gasteiger partial charge in [-0.1, -0.05) is 12.1 Å². The molecule has 4 aromatic heterocycles. The van der Waals surface area contributed by atoms with Gasteiger partial charge < -0.3 is 10.2 Å². The molecule has 0 saturated heterocycles. The molecule has 1 aliphatic rings. The number of fused-ring (bicyclic) bond motifs is 2. The van der Waals surface area contributed by atoms with E-state index >= 15 is 0 Å². The lowest BCUT2D eigenvalue weighted by Gasteiger charge is -2.28. The monoisotopic (exact) mass is 581 g/mol. The van der Waals surface area contributed by atoms with Crippen LogP contribution in [-0.4, -0.2) is 64.5 Å². The van der Waals surface area contributed by atoms with Gasteiger partial charge in [0.1, 0.15) is 5.39 Å². The molecule has 42 heavy (non-hydrogen) atoms. The SMILES string of the molecule is C=CCn1c(=O)c2cnc(Nc3cc4c(c(-c5ccncc5)c3)CCN(C)C4)nc2n1-c1cccc(N=S(C)(C)=O)n1. The summed E-state index contributed by atoms with van der Waals surface area (Å²) in [5.41, 5.74) is 5.76. The van der Waals surface area contributed by atoms with Crippen molar-refractivity contribution in [2.24, 2.45) is 4.36 Å². The molecule has 6 rings (SSSR count). The molecule has 12 heteroatoms. The Balaban J connectivity index is 1.48. The van der Waals surface area contributed by atoms with Crippen molar-refractivity contribution < 1.29 is 4.21 Å². The van der Waals surface area contributed by atoms with Crippen molar-refractivity contribution in [3.05, 3.63) is 95.2 Å². The van der Waals surface area contributed by atoms with Crippen LogP contribution in [0.3, 0.4) is 0 Å². The maximum atomic E-state index is 13.4. The van der Waals surface area contributed by atoms with Crippen molar-refractivity contribution in [2.75, 3.05) is 31.4 Å². The molecule has 0 bridgehead atoms. The number of benzene rings is 1. The molecule has 1 aromatic carbocycles. The fraction of sp³-hybridized carbons (Fsp3) is 0.233. The van der Waals surface area contributed by atoms with Crippen molar-refractivity contribution in [1.82, 2.24) is 34.2 Å². The van der Waals surface area contributed by atoms with Gasteiger partial charge in [0.2, 0.25) is 5.95 Å². The minimum absolute atomic E-state index is 0.229. The highest BCUT2D eigenvalue weighted by atomic mass is 32.2. The van der Waals surface area contributed by atoms with Gasteiger partial charge in [-0.3, -0.25) is 9.78 Å². The number of nitrogens with one attached hydrogen (secondary N) is 1. The van der Waals surface area contributed by atoms with Crippen LogP contribution in [0.25, 0.3) is 28.0 Å². The van der Waals surface area contributed by atoms with Crippen molar-refractivity contribution in [3.63, 3.8) is 0 Å². The second-order valence-electron chi connectivity index (χ2n) is 10.6. The van der Waals surface area contributed by atoms with E-state index in [1.807, 2.05) is 12.1 Å². The number of hydrogen-bond donors (Lipinski definition) is 1. The van der Waals surface area contributed by atoms with Crippen LogP contribution >= 0.6 is 0 Å². The van der Waals surface area contributed by atoms with Gasteiger partial charge in [-0.2, -0.15) is 9.35 Å². The van der Waals surface area contributed by atoms with Crippen LogP contribution in [0.2, 0.25) is 0 Å². The van der Waals surface area contributed by atoms with Crippen LogP contribution < -0.4 is 10.9 Å². The quantitative estimate of drug-likeness (QED) is 0.282. The first-order chi connectivity index (χ1) is 20.2. The minimum Gasteiger partial charge on any atom is -0.324 e. The van der Waals surface area contributed by atoms with Crippen LogP contribution in [0, 0.1) is 0 Å². The molecule has 11 nitrogen and oxygen atoms in total. The Hall–Kier alpha value is -4.68. The molecular formula is C30H31N9O2S. The second kappa shape index (κ2) is 11.0. The number of likely N-dealkylation sites (N-methyl/N-ethyl adjacent to an activating group) is 1. The molecule has 0 unspecified atom stereocenters. The fourth-order valence-electron chi connectivity index (χ4n) is 5.25. The maximum Gasteiger partial charge on any atom is 0.278 e. The number of aromatic nitrogens is 6. The number of nitrogens with zero attached hydrogens (tertiary/aromatic N) is 8. The lowest BCUT2D eigenvalue weighted by atomic mass is 9.90. The van der Waals surface area contributed by atoms with E-state index < -0.39 is 9.73 Å². The van der Waals surface area contributed by atoms with Gasteiger partial charge in [-0.05, 0) is 72.1 Å². The van der Waals surface area contributed by atoms with Crippen LogP contribution in [0.4, 0.5) is 17.5 Å². The van der Waals surface area contributed by atoms with E-state index in [0.29, 0.717) is 28.6 Å².